The molecule has 2 aromatic carbocycles. The first-order valence-electron chi connectivity index (χ1n) is 5.99. The Morgan fingerprint density at radius 3 is 2.45 bits per heavy atom. The van der Waals surface area contributed by atoms with Crippen molar-refractivity contribution < 1.29 is 22.5 Å². The molecule has 0 unspecified atom stereocenters. The van der Waals surface area contributed by atoms with E-state index in [4.69, 9.17) is 4.74 Å². The summed E-state index contributed by atoms with van der Waals surface area (Å²) in [7, 11) is -4.19. The van der Waals surface area contributed by atoms with Gasteiger partial charge in [0.15, 0.2) is 5.75 Å². The third kappa shape index (κ3) is 3.92. The van der Waals surface area contributed by atoms with Crippen LogP contribution in [0.5, 0.6) is 11.5 Å². The predicted octanol–water partition coefficient (Wildman–Crippen LogP) is 3.06. The lowest BCUT2D eigenvalue weighted by molar-refractivity contribution is -0.384. The number of anilines is 1. The Kier molecular flexibility index (Phi) is 4.56. The summed E-state index contributed by atoms with van der Waals surface area (Å²) in [5, 5.41) is 10.8. The maximum Gasteiger partial charge on any atom is 0.273 e. The molecule has 116 valence electrons. The van der Waals surface area contributed by atoms with Gasteiger partial charge in [-0.1, -0.05) is 18.2 Å². The maximum atomic E-state index is 12.4. The third-order valence-corrected chi connectivity index (χ3v) is 3.37. The van der Waals surface area contributed by atoms with Gasteiger partial charge in [0, 0.05) is 6.07 Å². The average molecular weight is 326 g/mol. The Morgan fingerprint density at radius 1 is 1.18 bits per heavy atom. The molecule has 7 nitrogen and oxygen atoms in total. The maximum absolute atomic E-state index is 12.4. The first-order valence-corrected chi connectivity index (χ1v) is 7.64. The molecule has 0 bridgehead atoms. The van der Waals surface area contributed by atoms with Gasteiger partial charge < -0.3 is 4.74 Å². The average Bonchev–Trinajstić information content (AvgIpc) is 2.49. The summed E-state index contributed by atoms with van der Waals surface area (Å²) in [5.74, 6) is 0.251. The summed E-state index contributed by atoms with van der Waals surface area (Å²) in [5.41, 5.74) is -0.374. The molecule has 0 aliphatic carbocycles. The molecular weight excluding hydrogens is 315 g/mol. The van der Waals surface area contributed by atoms with E-state index in [1.807, 2.05) is 4.72 Å². The SMILES string of the molecule is O=[N+]([O-])c1ccc(NS(=O)(=O)CF)c(Oc2ccccc2)c1. The van der Waals surface area contributed by atoms with E-state index in [0.717, 1.165) is 18.2 Å². The van der Waals surface area contributed by atoms with Crippen molar-refractivity contribution in [1.82, 2.24) is 0 Å². The van der Waals surface area contributed by atoms with Crippen LogP contribution in [0.25, 0.3) is 0 Å². The van der Waals surface area contributed by atoms with E-state index < -0.39 is 21.0 Å². The molecule has 22 heavy (non-hydrogen) atoms. The number of nitro groups is 1. The molecule has 1 N–H and O–H groups in total. The second kappa shape index (κ2) is 6.39. The summed E-state index contributed by atoms with van der Waals surface area (Å²) in [6.45, 7) is 0. The van der Waals surface area contributed by atoms with E-state index in [1.165, 1.54) is 0 Å². The van der Waals surface area contributed by atoms with E-state index >= 15 is 0 Å². The summed E-state index contributed by atoms with van der Waals surface area (Å²) in [6, 6.07) is 9.96. The number of halogens is 1. The first-order chi connectivity index (χ1) is 10.4. The third-order valence-electron chi connectivity index (χ3n) is 2.56. The highest BCUT2D eigenvalue weighted by atomic mass is 32.2. The number of hydrogen-bond donors (Lipinski definition) is 1. The number of rotatable bonds is 6. The van der Waals surface area contributed by atoms with Crippen molar-refractivity contribution in [2.45, 2.75) is 0 Å². The highest BCUT2D eigenvalue weighted by Crippen LogP contribution is 2.33. The Bertz CT molecular complexity index is 780. The Morgan fingerprint density at radius 2 is 1.86 bits per heavy atom. The first kappa shape index (κ1) is 15.7. The molecule has 0 fully saturated rings. The highest BCUT2D eigenvalue weighted by Gasteiger charge is 2.17. The zero-order valence-electron chi connectivity index (χ0n) is 11.1. The summed E-state index contributed by atoms with van der Waals surface area (Å²) in [4.78, 5) is 10.2. The normalized spacial score (nSPS) is 11.0. The number of nitrogens with one attached hydrogen (secondary N) is 1. The Hall–Kier alpha value is -2.68. The highest BCUT2D eigenvalue weighted by molar-refractivity contribution is 7.92. The van der Waals surface area contributed by atoms with Crippen molar-refractivity contribution in [2.24, 2.45) is 0 Å². The van der Waals surface area contributed by atoms with Crippen LogP contribution in [0, 0.1) is 10.1 Å². The van der Waals surface area contributed by atoms with Crippen molar-refractivity contribution in [3.63, 3.8) is 0 Å². The standard InChI is InChI=1S/C13H11FN2O5S/c14-9-22(19,20)15-12-7-6-10(16(17)18)8-13(12)21-11-4-2-1-3-5-11/h1-8,15H,9H2. The molecule has 0 saturated carbocycles. The van der Waals surface area contributed by atoms with E-state index in [0.29, 0.717) is 5.75 Å². The number of para-hydroxylation sites is 1. The molecule has 0 heterocycles. The molecule has 2 aromatic rings. The topological polar surface area (TPSA) is 98.5 Å². The van der Waals surface area contributed by atoms with E-state index in [-0.39, 0.29) is 17.1 Å². The lowest BCUT2D eigenvalue weighted by Crippen LogP contribution is -2.14. The molecule has 0 aliphatic rings. The van der Waals surface area contributed by atoms with Crippen LogP contribution in [0.15, 0.2) is 48.5 Å². The van der Waals surface area contributed by atoms with E-state index in [2.05, 4.69) is 0 Å². The molecule has 2 rings (SSSR count). The van der Waals surface area contributed by atoms with E-state index in [1.54, 1.807) is 30.3 Å². The van der Waals surface area contributed by atoms with Crippen LogP contribution >= 0.6 is 0 Å². The van der Waals surface area contributed by atoms with Crippen LogP contribution in [-0.4, -0.2) is 19.3 Å². The van der Waals surface area contributed by atoms with Gasteiger partial charge in [-0.2, -0.15) is 0 Å². The number of hydrogen-bond acceptors (Lipinski definition) is 5. The molecule has 0 atom stereocenters. The van der Waals surface area contributed by atoms with Crippen molar-refractivity contribution >= 4 is 21.4 Å². The van der Waals surface area contributed by atoms with Gasteiger partial charge in [-0.25, -0.2) is 12.8 Å². The number of non-ortho nitro benzene ring substituents is 1. The van der Waals surface area contributed by atoms with Crippen molar-refractivity contribution in [2.75, 3.05) is 10.7 Å². The lowest BCUT2D eigenvalue weighted by Gasteiger charge is -2.12. The van der Waals surface area contributed by atoms with Gasteiger partial charge in [0.2, 0.25) is 6.01 Å². The molecule has 0 aromatic heterocycles. The predicted molar refractivity (Wildman–Crippen MR) is 78.1 cm³/mol. The van der Waals surface area contributed by atoms with Gasteiger partial charge in [0.25, 0.3) is 15.7 Å². The van der Waals surface area contributed by atoms with Crippen LogP contribution in [0.2, 0.25) is 0 Å². The van der Waals surface area contributed by atoms with Crippen molar-refractivity contribution in [3.8, 4) is 11.5 Å². The number of nitro benzene ring substituents is 1. The zero-order chi connectivity index (χ0) is 16.2. The van der Waals surface area contributed by atoms with Crippen LogP contribution in [-0.2, 0) is 10.0 Å². The van der Waals surface area contributed by atoms with Crippen LogP contribution < -0.4 is 9.46 Å². The summed E-state index contributed by atoms with van der Waals surface area (Å²) in [6.07, 6.45) is 0. The fraction of sp³-hybridized carbons (Fsp3) is 0.0769. The molecule has 0 aliphatic heterocycles. The van der Waals surface area contributed by atoms with Gasteiger partial charge >= 0.3 is 0 Å². The molecule has 0 spiro atoms. The van der Waals surface area contributed by atoms with Gasteiger partial charge in [-0.3, -0.25) is 14.8 Å². The van der Waals surface area contributed by atoms with E-state index in [9.17, 15) is 22.9 Å². The van der Waals surface area contributed by atoms with Crippen LogP contribution in [0.3, 0.4) is 0 Å². The summed E-state index contributed by atoms with van der Waals surface area (Å²) >= 11 is 0. The monoisotopic (exact) mass is 326 g/mol. The van der Waals surface area contributed by atoms with Gasteiger partial charge in [0.05, 0.1) is 16.7 Å². The van der Waals surface area contributed by atoms with Crippen LogP contribution in [0.1, 0.15) is 0 Å². The van der Waals surface area contributed by atoms with Crippen molar-refractivity contribution in [3.05, 3.63) is 58.6 Å². The Balaban J connectivity index is 2.42. The zero-order valence-corrected chi connectivity index (χ0v) is 11.9. The second-order valence-electron chi connectivity index (χ2n) is 4.18. The fourth-order valence-electron chi connectivity index (χ4n) is 1.60. The van der Waals surface area contributed by atoms with Gasteiger partial charge in [0.1, 0.15) is 5.75 Å². The minimum atomic E-state index is -4.19. The molecule has 9 heteroatoms. The number of benzene rings is 2. The lowest BCUT2D eigenvalue weighted by atomic mass is 10.2. The number of sulfonamides is 1. The van der Waals surface area contributed by atoms with Gasteiger partial charge in [-0.05, 0) is 18.2 Å². The minimum Gasteiger partial charge on any atom is -0.455 e. The molecule has 0 saturated heterocycles. The molecule has 0 amide bonds. The van der Waals surface area contributed by atoms with Crippen LogP contribution in [0.4, 0.5) is 15.8 Å². The fourth-order valence-corrected chi connectivity index (χ4v) is 2.16. The second-order valence-corrected chi connectivity index (χ2v) is 5.83. The molecule has 0 radical (unpaired) electrons. The largest absolute Gasteiger partial charge is 0.455 e. The number of alkyl halides is 1. The number of nitrogens with zero attached hydrogens (tertiary/aromatic N) is 1. The number of ether oxygens (including phenoxy) is 1. The smallest absolute Gasteiger partial charge is 0.273 e. The van der Waals surface area contributed by atoms with Crippen molar-refractivity contribution in [1.29, 1.82) is 0 Å². The summed E-state index contributed by atoms with van der Waals surface area (Å²) < 4.78 is 42.5. The van der Waals surface area contributed by atoms with Gasteiger partial charge in [-0.15, -0.1) is 0 Å². The quantitative estimate of drug-likeness (QED) is 0.650. The molecular formula is C13H11FN2O5S. The Labute approximate surface area is 125 Å². The minimum absolute atomic E-state index is 0.0906.